The summed E-state index contributed by atoms with van der Waals surface area (Å²) in [6, 6.07) is 0. The molecule has 1 saturated heterocycles. The van der Waals surface area contributed by atoms with Crippen molar-refractivity contribution in [3.05, 3.63) is 0 Å². The molecule has 4 nitrogen and oxygen atoms in total. The van der Waals surface area contributed by atoms with Gasteiger partial charge in [0.2, 0.25) is 0 Å². The second-order valence-electron chi connectivity index (χ2n) is 6.58. The molecule has 0 aromatic heterocycles. The van der Waals surface area contributed by atoms with Crippen LogP contribution in [0.2, 0.25) is 0 Å². The van der Waals surface area contributed by atoms with Gasteiger partial charge < -0.3 is 15.4 Å². The Morgan fingerprint density at radius 1 is 1.26 bits per heavy atom. The Bertz CT molecular complexity index is 303. The molecule has 1 heterocycles. The summed E-state index contributed by atoms with van der Waals surface area (Å²) in [6.07, 6.45) is 6.66. The highest BCUT2D eigenvalue weighted by molar-refractivity contribution is 5.78. The molecule has 0 unspecified atom stereocenters. The van der Waals surface area contributed by atoms with Crippen molar-refractivity contribution < 1.29 is 4.74 Å². The molecule has 0 atom stereocenters. The highest BCUT2D eigenvalue weighted by Gasteiger charge is 2.34. The number of nitrogens with two attached hydrogens (primary N) is 1. The topological polar surface area (TPSA) is 50.8 Å². The van der Waals surface area contributed by atoms with Gasteiger partial charge in [-0.15, -0.1) is 0 Å². The lowest BCUT2D eigenvalue weighted by molar-refractivity contribution is 0.0672. The van der Waals surface area contributed by atoms with E-state index in [2.05, 4.69) is 18.7 Å². The Morgan fingerprint density at radius 2 is 1.89 bits per heavy atom. The van der Waals surface area contributed by atoms with Crippen molar-refractivity contribution in [1.29, 1.82) is 0 Å². The number of hydrogen-bond donors (Lipinski definition) is 1. The van der Waals surface area contributed by atoms with Gasteiger partial charge in [0, 0.05) is 19.6 Å². The normalized spacial score (nSPS) is 24.2. The van der Waals surface area contributed by atoms with Gasteiger partial charge in [0.15, 0.2) is 5.96 Å². The molecule has 0 bridgehead atoms. The van der Waals surface area contributed by atoms with Crippen molar-refractivity contribution in [3.8, 4) is 0 Å². The number of nitrogens with zero attached hydrogens (tertiary/aromatic N) is 2. The summed E-state index contributed by atoms with van der Waals surface area (Å²) in [4.78, 5) is 6.87. The maximum atomic E-state index is 6.14. The number of rotatable bonds is 4. The monoisotopic (exact) mass is 267 g/mol. The highest BCUT2D eigenvalue weighted by Crippen LogP contribution is 2.43. The second-order valence-corrected chi connectivity index (χ2v) is 6.58. The van der Waals surface area contributed by atoms with Crippen molar-refractivity contribution in [1.82, 2.24) is 4.90 Å². The third-order valence-corrected chi connectivity index (χ3v) is 4.42. The standard InChI is InChI=1S/C15H29N3O/c1-13(2)11-15(5-3-4-6-15)12-17-14(16)18-7-9-19-10-8-18/h13H,3-12H2,1-2H3,(H2,16,17). The first kappa shape index (κ1) is 14.6. The van der Waals surface area contributed by atoms with Gasteiger partial charge in [0.05, 0.1) is 13.2 Å². The fourth-order valence-electron chi connectivity index (χ4n) is 3.56. The first-order chi connectivity index (χ1) is 9.11. The first-order valence-electron chi connectivity index (χ1n) is 7.74. The number of ether oxygens (including phenoxy) is 1. The van der Waals surface area contributed by atoms with Crippen LogP contribution in [-0.2, 0) is 4.74 Å². The maximum Gasteiger partial charge on any atom is 0.191 e. The molecule has 0 aromatic carbocycles. The first-order valence-corrected chi connectivity index (χ1v) is 7.74. The number of hydrogen-bond acceptors (Lipinski definition) is 2. The maximum absolute atomic E-state index is 6.14. The zero-order chi connectivity index (χ0) is 13.7. The summed E-state index contributed by atoms with van der Waals surface area (Å²) in [5.41, 5.74) is 6.56. The predicted molar refractivity (Wildman–Crippen MR) is 79.2 cm³/mol. The van der Waals surface area contributed by atoms with Crippen LogP contribution in [0.25, 0.3) is 0 Å². The molecule has 0 aromatic rings. The molecule has 2 N–H and O–H groups in total. The lowest BCUT2D eigenvalue weighted by Gasteiger charge is -2.31. The van der Waals surface area contributed by atoms with E-state index in [1.807, 2.05) is 0 Å². The van der Waals surface area contributed by atoms with E-state index in [0.29, 0.717) is 5.41 Å². The molecule has 2 rings (SSSR count). The van der Waals surface area contributed by atoms with Crippen LogP contribution in [0.1, 0.15) is 46.0 Å². The van der Waals surface area contributed by atoms with Gasteiger partial charge in [-0.25, -0.2) is 0 Å². The van der Waals surface area contributed by atoms with Crippen LogP contribution >= 0.6 is 0 Å². The lowest BCUT2D eigenvalue weighted by Crippen LogP contribution is -2.45. The van der Waals surface area contributed by atoms with Crippen LogP contribution in [0.5, 0.6) is 0 Å². The van der Waals surface area contributed by atoms with Gasteiger partial charge in [-0.1, -0.05) is 26.7 Å². The van der Waals surface area contributed by atoms with Crippen LogP contribution in [0, 0.1) is 11.3 Å². The van der Waals surface area contributed by atoms with Crippen LogP contribution in [0.4, 0.5) is 0 Å². The SMILES string of the molecule is CC(C)CC1(CN=C(N)N2CCOCC2)CCCC1. The van der Waals surface area contributed by atoms with E-state index >= 15 is 0 Å². The zero-order valence-corrected chi connectivity index (χ0v) is 12.5. The third-order valence-electron chi connectivity index (χ3n) is 4.42. The fraction of sp³-hybridized carbons (Fsp3) is 0.933. The molecule has 1 aliphatic heterocycles. The molecule has 4 heteroatoms. The average molecular weight is 267 g/mol. The molecule has 19 heavy (non-hydrogen) atoms. The predicted octanol–water partition coefficient (Wildman–Crippen LogP) is 2.24. The molecular formula is C15H29N3O. The minimum atomic E-state index is 0.422. The Balaban J connectivity index is 1.93. The van der Waals surface area contributed by atoms with Gasteiger partial charge in [0.1, 0.15) is 0 Å². The van der Waals surface area contributed by atoms with E-state index in [1.54, 1.807) is 0 Å². The summed E-state index contributed by atoms with van der Waals surface area (Å²) in [5.74, 6) is 1.47. The van der Waals surface area contributed by atoms with Crippen LogP contribution < -0.4 is 5.73 Å². The Hall–Kier alpha value is -0.770. The molecule has 0 spiro atoms. The van der Waals surface area contributed by atoms with E-state index in [-0.39, 0.29) is 0 Å². The molecule has 2 fully saturated rings. The largest absolute Gasteiger partial charge is 0.378 e. The molecule has 0 radical (unpaired) electrons. The van der Waals surface area contributed by atoms with E-state index in [4.69, 9.17) is 15.5 Å². The van der Waals surface area contributed by atoms with E-state index < -0.39 is 0 Å². The van der Waals surface area contributed by atoms with Crippen molar-refractivity contribution >= 4 is 5.96 Å². The Kier molecular flexibility index (Phi) is 5.08. The molecule has 1 saturated carbocycles. The summed E-state index contributed by atoms with van der Waals surface area (Å²) in [6.45, 7) is 8.85. The van der Waals surface area contributed by atoms with Crippen molar-refractivity contribution in [2.24, 2.45) is 22.1 Å². The van der Waals surface area contributed by atoms with Crippen molar-refractivity contribution in [3.63, 3.8) is 0 Å². The van der Waals surface area contributed by atoms with Gasteiger partial charge >= 0.3 is 0 Å². The third kappa shape index (κ3) is 4.10. The summed E-state index contributed by atoms with van der Waals surface area (Å²) in [5, 5.41) is 0. The fourth-order valence-corrected chi connectivity index (χ4v) is 3.56. The van der Waals surface area contributed by atoms with Gasteiger partial charge in [-0.2, -0.15) is 0 Å². The average Bonchev–Trinajstić information content (AvgIpc) is 2.85. The van der Waals surface area contributed by atoms with Gasteiger partial charge in [-0.3, -0.25) is 4.99 Å². The molecule has 2 aliphatic rings. The van der Waals surface area contributed by atoms with Crippen LogP contribution in [0.3, 0.4) is 0 Å². The molecule has 1 aliphatic carbocycles. The van der Waals surface area contributed by atoms with E-state index in [9.17, 15) is 0 Å². The van der Waals surface area contributed by atoms with Crippen molar-refractivity contribution in [2.45, 2.75) is 46.0 Å². The smallest absolute Gasteiger partial charge is 0.191 e. The molecule has 0 amide bonds. The molecular weight excluding hydrogens is 238 g/mol. The van der Waals surface area contributed by atoms with Crippen LogP contribution in [0.15, 0.2) is 4.99 Å². The van der Waals surface area contributed by atoms with Gasteiger partial charge in [-0.05, 0) is 30.6 Å². The summed E-state index contributed by atoms with van der Waals surface area (Å²) in [7, 11) is 0. The highest BCUT2D eigenvalue weighted by atomic mass is 16.5. The lowest BCUT2D eigenvalue weighted by atomic mass is 9.78. The minimum absolute atomic E-state index is 0.422. The quantitative estimate of drug-likeness (QED) is 0.628. The Morgan fingerprint density at radius 3 is 2.47 bits per heavy atom. The second kappa shape index (κ2) is 6.60. The van der Waals surface area contributed by atoms with Gasteiger partial charge in [0.25, 0.3) is 0 Å². The summed E-state index contributed by atoms with van der Waals surface area (Å²) < 4.78 is 5.35. The van der Waals surface area contributed by atoms with E-state index in [0.717, 1.165) is 44.7 Å². The number of aliphatic imine (C=N–C) groups is 1. The zero-order valence-electron chi connectivity index (χ0n) is 12.5. The Labute approximate surface area is 117 Å². The van der Waals surface area contributed by atoms with Crippen molar-refractivity contribution in [2.75, 3.05) is 32.8 Å². The molecule has 110 valence electrons. The van der Waals surface area contributed by atoms with Crippen LogP contribution in [-0.4, -0.2) is 43.7 Å². The summed E-state index contributed by atoms with van der Waals surface area (Å²) >= 11 is 0. The number of morpholine rings is 1. The minimum Gasteiger partial charge on any atom is -0.378 e. The van der Waals surface area contributed by atoms with E-state index in [1.165, 1.54) is 32.1 Å². The number of guanidine groups is 1.